The number of rotatable bonds is 4. The molecule has 1 aliphatic rings. The predicted octanol–water partition coefficient (Wildman–Crippen LogP) is 4.23. The molecule has 0 spiro atoms. The van der Waals surface area contributed by atoms with Gasteiger partial charge in [0.15, 0.2) is 0 Å². The van der Waals surface area contributed by atoms with Crippen molar-refractivity contribution in [3.05, 3.63) is 70.9 Å². The summed E-state index contributed by atoms with van der Waals surface area (Å²) in [4.78, 5) is 19.4. The summed E-state index contributed by atoms with van der Waals surface area (Å²) in [6.07, 6.45) is 9.59. The van der Waals surface area contributed by atoms with Gasteiger partial charge in [-0.2, -0.15) is 0 Å². The Morgan fingerprint density at radius 3 is 2.68 bits per heavy atom. The molecular weight excluding hydrogens is 330 g/mol. The Morgan fingerprint density at radius 2 is 1.96 bits per heavy atom. The Hall–Kier alpha value is -2.40. The Kier molecular flexibility index (Phi) is 4.65. The van der Waals surface area contributed by atoms with Crippen molar-refractivity contribution >= 4 is 17.2 Å². The molecule has 0 N–H and O–H groups in total. The SMILES string of the molecule is O=C(Cc1ccc(-n2cccc2)cc1)N1CCCCC1c1nccs1. The number of thiazole rings is 1. The Balaban J connectivity index is 1.47. The molecule has 0 bridgehead atoms. The zero-order valence-electron chi connectivity index (χ0n) is 14.0. The van der Waals surface area contributed by atoms with E-state index in [1.807, 2.05) is 41.0 Å². The van der Waals surface area contributed by atoms with E-state index in [9.17, 15) is 4.79 Å². The fourth-order valence-electron chi connectivity index (χ4n) is 3.45. The largest absolute Gasteiger partial charge is 0.333 e. The molecule has 4 rings (SSSR count). The van der Waals surface area contributed by atoms with Crippen LogP contribution < -0.4 is 0 Å². The second-order valence-electron chi connectivity index (χ2n) is 6.40. The predicted molar refractivity (Wildman–Crippen MR) is 99.9 cm³/mol. The molecule has 1 unspecified atom stereocenters. The highest BCUT2D eigenvalue weighted by Gasteiger charge is 2.29. The van der Waals surface area contributed by atoms with Gasteiger partial charge in [-0.1, -0.05) is 12.1 Å². The summed E-state index contributed by atoms with van der Waals surface area (Å²) in [5.41, 5.74) is 2.17. The number of likely N-dealkylation sites (tertiary alicyclic amines) is 1. The van der Waals surface area contributed by atoms with Crippen LogP contribution in [0.5, 0.6) is 0 Å². The van der Waals surface area contributed by atoms with Crippen molar-refractivity contribution in [2.24, 2.45) is 0 Å². The first kappa shape index (κ1) is 16.1. The molecule has 5 heteroatoms. The Bertz CT molecular complexity index is 809. The van der Waals surface area contributed by atoms with E-state index in [1.165, 1.54) is 6.42 Å². The van der Waals surface area contributed by atoms with Gasteiger partial charge in [0.25, 0.3) is 0 Å². The van der Waals surface area contributed by atoms with Crippen LogP contribution in [0.4, 0.5) is 0 Å². The van der Waals surface area contributed by atoms with E-state index in [2.05, 4.69) is 33.8 Å². The van der Waals surface area contributed by atoms with Gasteiger partial charge < -0.3 is 9.47 Å². The molecule has 4 nitrogen and oxygen atoms in total. The first-order valence-corrected chi connectivity index (χ1v) is 9.60. The van der Waals surface area contributed by atoms with Crippen molar-refractivity contribution in [2.75, 3.05) is 6.54 Å². The number of carbonyl (C=O) groups excluding carboxylic acids is 1. The molecule has 0 saturated carbocycles. The molecule has 1 amide bonds. The van der Waals surface area contributed by atoms with Gasteiger partial charge in [0.05, 0.1) is 12.5 Å². The zero-order chi connectivity index (χ0) is 17.1. The highest BCUT2D eigenvalue weighted by atomic mass is 32.1. The Labute approximate surface area is 151 Å². The van der Waals surface area contributed by atoms with Crippen LogP contribution in [-0.4, -0.2) is 26.9 Å². The van der Waals surface area contributed by atoms with Gasteiger partial charge >= 0.3 is 0 Å². The minimum atomic E-state index is 0.153. The third kappa shape index (κ3) is 3.51. The third-order valence-corrected chi connectivity index (χ3v) is 5.63. The van der Waals surface area contributed by atoms with E-state index in [1.54, 1.807) is 11.3 Å². The fraction of sp³-hybridized carbons (Fsp3) is 0.300. The van der Waals surface area contributed by atoms with Crippen LogP contribution in [0, 0.1) is 0 Å². The molecular formula is C20H21N3OS. The van der Waals surface area contributed by atoms with E-state index in [0.717, 1.165) is 35.6 Å². The lowest BCUT2D eigenvalue weighted by Crippen LogP contribution is -2.39. The monoisotopic (exact) mass is 351 g/mol. The molecule has 25 heavy (non-hydrogen) atoms. The smallest absolute Gasteiger partial charge is 0.227 e. The van der Waals surface area contributed by atoms with E-state index < -0.39 is 0 Å². The number of hydrogen-bond donors (Lipinski definition) is 0. The van der Waals surface area contributed by atoms with Gasteiger partial charge in [-0.05, 0) is 49.1 Å². The van der Waals surface area contributed by atoms with Crippen LogP contribution in [0.25, 0.3) is 5.69 Å². The molecule has 1 aromatic carbocycles. The quantitative estimate of drug-likeness (QED) is 0.705. The number of nitrogens with zero attached hydrogens (tertiary/aromatic N) is 3. The molecule has 0 radical (unpaired) electrons. The van der Waals surface area contributed by atoms with E-state index in [-0.39, 0.29) is 11.9 Å². The molecule has 3 heterocycles. The second kappa shape index (κ2) is 7.23. The van der Waals surface area contributed by atoms with Crippen molar-refractivity contribution in [1.82, 2.24) is 14.5 Å². The summed E-state index contributed by atoms with van der Waals surface area (Å²) in [5, 5.41) is 3.06. The van der Waals surface area contributed by atoms with E-state index in [4.69, 9.17) is 0 Å². The topological polar surface area (TPSA) is 38.1 Å². The van der Waals surface area contributed by atoms with Gasteiger partial charge in [0.1, 0.15) is 5.01 Å². The van der Waals surface area contributed by atoms with Gasteiger partial charge in [-0.3, -0.25) is 4.79 Å². The van der Waals surface area contributed by atoms with Crippen LogP contribution in [0.3, 0.4) is 0 Å². The molecule has 1 aliphatic heterocycles. The van der Waals surface area contributed by atoms with Crippen LogP contribution in [0.2, 0.25) is 0 Å². The number of hydrogen-bond acceptors (Lipinski definition) is 3. The van der Waals surface area contributed by atoms with Crippen LogP contribution in [-0.2, 0) is 11.2 Å². The molecule has 128 valence electrons. The first-order chi connectivity index (χ1) is 12.3. The maximum Gasteiger partial charge on any atom is 0.227 e. The molecule has 0 aliphatic carbocycles. The fourth-order valence-corrected chi connectivity index (χ4v) is 4.24. The highest BCUT2D eigenvalue weighted by molar-refractivity contribution is 7.09. The van der Waals surface area contributed by atoms with Gasteiger partial charge in [0.2, 0.25) is 5.91 Å². The molecule has 2 aromatic heterocycles. The molecule has 1 saturated heterocycles. The average molecular weight is 351 g/mol. The van der Waals surface area contributed by atoms with Crippen molar-refractivity contribution in [3.63, 3.8) is 0 Å². The van der Waals surface area contributed by atoms with Crippen molar-refractivity contribution < 1.29 is 4.79 Å². The third-order valence-electron chi connectivity index (χ3n) is 4.75. The van der Waals surface area contributed by atoms with Crippen LogP contribution in [0.1, 0.15) is 35.9 Å². The van der Waals surface area contributed by atoms with Crippen LogP contribution in [0.15, 0.2) is 60.4 Å². The van der Waals surface area contributed by atoms with Crippen molar-refractivity contribution in [1.29, 1.82) is 0 Å². The van der Waals surface area contributed by atoms with Gasteiger partial charge in [-0.25, -0.2) is 4.98 Å². The maximum absolute atomic E-state index is 12.9. The molecule has 3 aromatic rings. The number of amides is 1. The van der Waals surface area contributed by atoms with Crippen LogP contribution >= 0.6 is 11.3 Å². The average Bonchev–Trinajstić information content (AvgIpc) is 3.36. The first-order valence-electron chi connectivity index (χ1n) is 8.72. The Morgan fingerprint density at radius 1 is 1.16 bits per heavy atom. The van der Waals surface area contributed by atoms with E-state index in [0.29, 0.717) is 6.42 Å². The lowest BCUT2D eigenvalue weighted by atomic mass is 10.0. The molecule has 1 fully saturated rings. The standard InChI is InChI=1S/C20H21N3OS/c24-19(23-13-2-1-5-18(23)20-21-10-14-25-20)15-16-6-8-17(9-7-16)22-11-3-4-12-22/h3-4,6-12,14,18H,1-2,5,13,15H2. The number of piperidine rings is 1. The molecule has 1 atom stereocenters. The summed E-state index contributed by atoms with van der Waals surface area (Å²) in [6.45, 7) is 0.838. The minimum absolute atomic E-state index is 0.153. The second-order valence-corrected chi connectivity index (χ2v) is 7.33. The summed E-state index contributed by atoms with van der Waals surface area (Å²) >= 11 is 1.65. The minimum Gasteiger partial charge on any atom is -0.333 e. The highest BCUT2D eigenvalue weighted by Crippen LogP contribution is 2.32. The summed E-state index contributed by atoms with van der Waals surface area (Å²) in [5.74, 6) is 0.202. The maximum atomic E-state index is 12.9. The van der Waals surface area contributed by atoms with Crippen molar-refractivity contribution in [2.45, 2.75) is 31.7 Å². The lowest BCUT2D eigenvalue weighted by Gasteiger charge is -2.34. The summed E-state index contributed by atoms with van der Waals surface area (Å²) in [7, 11) is 0. The normalized spacial score (nSPS) is 17.6. The summed E-state index contributed by atoms with van der Waals surface area (Å²) in [6, 6.07) is 12.4. The summed E-state index contributed by atoms with van der Waals surface area (Å²) < 4.78 is 2.06. The lowest BCUT2D eigenvalue weighted by molar-refractivity contribution is -0.134. The number of aromatic nitrogens is 2. The van der Waals surface area contributed by atoms with Gasteiger partial charge in [0, 0.05) is 36.2 Å². The number of benzene rings is 1. The van der Waals surface area contributed by atoms with Crippen molar-refractivity contribution in [3.8, 4) is 5.69 Å². The zero-order valence-corrected chi connectivity index (χ0v) is 14.9. The number of carbonyl (C=O) groups is 1. The van der Waals surface area contributed by atoms with E-state index >= 15 is 0 Å². The van der Waals surface area contributed by atoms with Gasteiger partial charge in [-0.15, -0.1) is 11.3 Å².